The summed E-state index contributed by atoms with van der Waals surface area (Å²) in [6.07, 6.45) is 1.65. The predicted octanol–water partition coefficient (Wildman–Crippen LogP) is 0.531. The lowest BCUT2D eigenvalue weighted by molar-refractivity contribution is -0.119. The maximum absolute atomic E-state index is 12.1. The largest absolute Gasteiger partial charge is 0.378 e. The average molecular weight is 264 g/mol. The van der Waals surface area contributed by atoms with E-state index < -0.39 is 11.4 Å². The summed E-state index contributed by atoms with van der Waals surface area (Å²) in [5, 5.41) is 2.75. The molecule has 3 N–H and O–H groups in total. The topological polar surface area (TPSA) is 88.3 Å². The molecule has 0 atom stereocenters. The number of aromatic nitrogens is 1. The monoisotopic (exact) mass is 264 g/mol. The van der Waals surface area contributed by atoms with Gasteiger partial charge < -0.3 is 16.0 Å². The molecule has 6 nitrogen and oxygen atoms in total. The molecule has 6 heteroatoms. The van der Waals surface area contributed by atoms with Gasteiger partial charge in [-0.25, -0.2) is 0 Å². The first kappa shape index (κ1) is 14.9. The quantitative estimate of drug-likeness (QED) is 0.812. The highest BCUT2D eigenvalue weighted by Crippen LogP contribution is 2.13. The molecule has 0 saturated heterocycles. The molecule has 0 fully saturated rings. The number of hydrogen-bond donors (Lipinski definition) is 2. The Morgan fingerprint density at radius 2 is 2.05 bits per heavy atom. The maximum atomic E-state index is 12.1. The Balaban J connectivity index is 2.83. The molecule has 1 aromatic rings. The van der Waals surface area contributed by atoms with E-state index in [1.165, 1.54) is 0 Å². The van der Waals surface area contributed by atoms with Gasteiger partial charge in [0.05, 0.1) is 0 Å². The number of pyridine rings is 1. The van der Waals surface area contributed by atoms with Gasteiger partial charge in [-0.2, -0.15) is 0 Å². The van der Waals surface area contributed by atoms with Gasteiger partial charge in [0, 0.05) is 37.9 Å². The average Bonchev–Trinajstić information content (AvgIpc) is 2.26. The molecule has 2 amide bonds. The zero-order valence-electron chi connectivity index (χ0n) is 11.7. The Morgan fingerprint density at radius 1 is 1.42 bits per heavy atom. The zero-order chi connectivity index (χ0) is 14.6. The third-order valence-electron chi connectivity index (χ3n) is 2.56. The van der Waals surface area contributed by atoms with E-state index in [0.29, 0.717) is 5.69 Å². The third kappa shape index (κ3) is 4.57. The summed E-state index contributed by atoms with van der Waals surface area (Å²) in [5.41, 5.74) is 5.64. The van der Waals surface area contributed by atoms with Crippen LogP contribution in [0.15, 0.2) is 18.3 Å². The number of nitrogens with zero attached hydrogens (tertiary/aromatic N) is 2. The van der Waals surface area contributed by atoms with Crippen molar-refractivity contribution in [2.75, 3.05) is 19.0 Å². The Labute approximate surface area is 113 Å². The molecule has 0 aliphatic heterocycles. The second-order valence-electron chi connectivity index (χ2n) is 5.27. The van der Waals surface area contributed by atoms with Crippen molar-refractivity contribution >= 4 is 17.5 Å². The van der Waals surface area contributed by atoms with Crippen LogP contribution < -0.4 is 16.0 Å². The summed E-state index contributed by atoms with van der Waals surface area (Å²) < 4.78 is 0. The third-order valence-corrected chi connectivity index (χ3v) is 2.56. The normalized spacial score (nSPS) is 10.9. The van der Waals surface area contributed by atoms with Crippen LogP contribution in [0, 0.1) is 0 Å². The first-order valence-electron chi connectivity index (χ1n) is 5.95. The Hall–Kier alpha value is -2.11. The summed E-state index contributed by atoms with van der Waals surface area (Å²) in [7, 11) is 3.77. The lowest BCUT2D eigenvalue weighted by atomic mass is 10.00. The number of nitrogens with one attached hydrogen (secondary N) is 1. The van der Waals surface area contributed by atoms with Crippen LogP contribution in [0.5, 0.6) is 0 Å². The van der Waals surface area contributed by atoms with Crippen molar-refractivity contribution in [2.24, 2.45) is 5.73 Å². The highest BCUT2D eigenvalue weighted by molar-refractivity contribution is 5.94. The first-order chi connectivity index (χ1) is 8.71. The van der Waals surface area contributed by atoms with Crippen LogP contribution in [-0.4, -0.2) is 36.4 Å². The maximum Gasteiger partial charge on any atom is 0.270 e. The van der Waals surface area contributed by atoms with Gasteiger partial charge in [0.15, 0.2) is 0 Å². The molecule has 0 radical (unpaired) electrons. The number of hydrogen-bond acceptors (Lipinski definition) is 4. The van der Waals surface area contributed by atoms with Gasteiger partial charge in [-0.05, 0) is 26.0 Å². The number of primary amides is 1. The Morgan fingerprint density at radius 3 is 2.58 bits per heavy atom. The molecule has 0 aliphatic carbocycles. The van der Waals surface area contributed by atoms with Gasteiger partial charge in [0.2, 0.25) is 5.91 Å². The number of carbonyl (C=O) groups is 2. The van der Waals surface area contributed by atoms with Gasteiger partial charge >= 0.3 is 0 Å². The van der Waals surface area contributed by atoms with Crippen LogP contribution in [0.4, 0.5) is 5.69 Å². The van der Waals surface area contributed by atoms with Crippen molar-refractivity contribution in [2.45, 2.75) is 25.8 Å². The van der Waals surface area contributed by atoms with Crippen LogP contribution in [0.1, 0.15) is 30.8 Å². The molecule has 1 aromatic heterocycles. The summed E-state index contributed by atoms with van der Waals surface area (Å²) in [4.78, 5) is 28.9. The molecular weight excluding hydrogens is 244 g/mol. The molecule has 1 heterocycles. The number of rotatable bonds is 5. The van der Waals surface area contributed by atoms with Gasteiger partial charge in [0.25, 0.3) is 5.91 Å². The number of carbonyl (C=O) groups excluding carboxylic acids is 2. The standard InChI is InChI=1S/C13H20N4O2/c1-13(2,8-11(14)18)16-12(19)10-7-9(17(3)4)5-6-15-10/h5-7H,8H2,1-4H3,(H2,14,18)(H,16,19). The molecule has 104 valence electrons. The van der Waals surface area contributed by atoms with Gasteiger partial charge in [-0.3, -0.25) is 14.6 Å². The first-order valence-corrected chi connectivity index (χ1v) is 5.95. The molecule has 0 spiro atoms. The second-order valence-corrected chi connectivity index (χ2v) is 5.27. The van der Waals surface area contributed by atoms with Crippen molar-refractivity contribution in [3.05, 3.63) is 24.0 Å². The van der Waals surface area contributed by atoms with E-state index in [9.17, 15) is 9.59 Å². The number of anilines is 1. The fourth-order valence-electron chi connectivity index (χ4n) is 1.67. The molecule has 0 saturated carbocycles. The molecular formula is C13H20N4O2. The van der Waals surface area contributed by atoms with Gasteiger partial charge in [-0.15, -0.1) is 0 Å². The molecule has 0 bridgehead atoms. The van der Waals surface area contributed by atoms with Crippen molar-refractivity contribution in [3.8, 4) is 0 Å². The second kappa shape index (κ2) is 5.69. The molecule has 1 rings (SSSR count). The van der Waals surface area contributed by atoms with E-state index in [4.69, 9.17) is 5.73 Å². The Bertz CT molecular complexity index is 483. The van der Waals surface area contributed by atoms with E-state index in [1.54, 1.807) is 26.1 Å². The van der Waals surface area contributed by atoms with E-state index in [1.807, 2.05) is 25.1 Å². The summed E-state index contributed by atoms with van der Waals surface area (Å²) in [6, 6.07) is 3.50. The van der Waals surface area contributed by atoms with E-state index in [2.05, 4.69) is 10.3 Å². The zero-order valence-corrected chi connectivity index (χ0v) is 11.7. The predicted molar refractivity (Wildman–Crippen MR) is 73.9 cm³/mol. The molecule has 19 heavy (non-hydrogen) atoms. The van der Waals surface area contributed by atoms with E-state index >= 15 is 0 Å². The number of amides is 2. The van der Waals surface area contributed by atoms with Crippen LogP contribution in [0.3, 0.4) is 0 Å². The Kier molecular flexibility index (Phi) is 4.47. The summed E-state index contributed by atoms with van der Waals surface area (Å²) in [6.45, 7) is 3.48. The minimum atomic E-state index is -0.696. The van der Waals surface area contributed by atoms with Crippen LogP contribution in [0.2, 0.25) is 0 Å². The lowest BCUT2D eigenvalue weighted by Gasteiger charge is -2.24. The highest BCUT2D eigenvalue weighted by Gasteiger charge is 2.24. The lowest BCUT2D eigenvalue weighted by Crippen LogP contribution is -2.46. The fraction of sp³-hybridized carbons (Fsp3) is 0.462. The smallest absolute Gasteiger partial charge is 0.270 e. The van der Waals surface area contributed by atoms with Crippen molar-refractivity contribution in [3.63, 3.8) is 0 Å². The van der Waals surface area contributed by atoms with Crippen molar-refractivity contribution in [1.82, 2.24) is 10.3 Å². The fourth-order valence-corrected chi connectivity index (χ4v) is 1.67. The van der Waals surface area contributed by atoms with Crippen molar-refractivity contribution < 1.29 is 9.59 Å². The summed E-state index contributed by atoms with van der Waals surface area (Å²) >= 11 is 0. The number of nitrogens with two attached hydrogens (primary N) is 1. The molecule has 0 aromatic carbocycles. The van der Waals surface area contributed by atoms with Gasteiger partial charge in [-0.1, -0.05) is 0 Å². The minimum absolute atomic E-state index is 0.0755. The van der Waals surface area contributed by atoms with E-state index in [-0.39, 0.29) is 12.3 Å². The highest BCUT2D eigenvalue weighted by atomic mass is 16.2. The molecule has 0 aliphatic rings. The van der Waals surface area contributed by atoms with Gasteiger partial charge in [0.1, 0.15) is 5.69 Å². The molecule has 0 unspecified atom stereocenters. The van der Waals surface area contributed by atoms with Crippen LogP contribution in [-0.2, 0) is 4.79 Å². The summed E-state index contributed by atoms with van der Waals surface area (Å²) in [5.74, 6) is -0.782. The SMILES string of the molecule is CN(C)c1ccnc(C(=O)NC(C)(C)CC(N)=O)c1. The van der Waals surface area contributed by atoms with Crippen molar-refractivity contribution in [1.29, 1.82) is 0 Å². The van der Waals surface area contributed by atoms with Crippen LogP contribution in [0.25, 0.3) is 0 Å². The minimum Gasteiger partial charge on any atom is -0.378 e. The van der Waals surface area contributed by atoms with E-state index in [0.717, 1.165) is 5.69 Å². The van der Waals surface area contributed by atoms with Crippen LogP contribution >= 0.6 is 0 Å².